The van der Waals surface area contributed by atoms with E-state index in [2.05, 4.69) is 10.6 Å². The van der Waals surface area contributed by atoms with Crippen molar-refractivity contribution in [1.82, 2.24) is 10.2 Å². The number of fused-ring (bicyclic) bond motifs is 3. The summed E-state index contributed by atoms with van der Waals surface area (Å²) in [7, 11) is 3.09. The molecule has 0 unspecified atom stereocenters. The minimum Gasteiger partial charge on any atom is -0.508 e. The standard InChI is InChI=1S/C30H32N4O8/c1-34(2)23-17-11-16-10-15-8-9-18(32-13-19(35)33-12-14-6-4-3-5-7-14)24(36)20(15)25(37)21(16)27(39)30(17,42)28(40)22(26(23)38)29(31)41/h3-9,16-17,23,32,36-37,40,42H,10-13H2,1-2H3,(H2,31,41)(H,33,35)/t16-,17-,23+,30-/m1/s1. The number of aliphatic hydroxyl groups is 3. The van der Waals surface area contributed by atoms with Gasteiger partial charge in [-0.2, -0.15) is 0 Å². The van der Waals surface area contributed by atoms with Gasteiger partial charge < -0.3 is 36.8 Å². The van der Waals surface area contributed by atoms with E-state index < -0.39 is 63.8 Å². The molecule has 2 aromatic rings. The molecular weight excluding hydrogens is 544 g/mol. The topological polar surface area (TPSA) is 203 Å². The number of Topliss-reactive ketones (excluding diaryl/α,β-unsaturated/α-hetero) is 2. The normalized spacial score (nSPS) is 25.1. The zero-order valence-corrected chi connectivity index (χ0v) is 23.0. The Labute approximate surface area is 241 Å². The number of phenolic OH excluding ortho intramolecular Hbond substituents is 1. The molecule has 0 heterocycles. The predicted octanol–water partition coefficient (Wildman–Crippen LogP) is 0.692. The minimum atomic E-state index is -2.70. The number of carbonyl (C=O) groups excluding carboxylic acids is 4. The number of aromatic hydroxyl groups is 1. The van der Waals surface area contributed by atoms with E-state index in [0.717, 1.165) is 5.56 Å². The predicted molar refractivity (Wildman–Crippen MR) is 151 cm³/mol. The number of nitrogens with zero attached hydrogens (tertiary/aromatic N) is 1. The highest BCUT2D eigenvalue weighted by Crippen LogP contribution is 2.53. The lowest BCUT2D eigenvalue weighted by atomic mass is 9.57. The molecule has 8 N–H and O–H groups in total. The van der Waals surface area contributed by atoms with Crippen LogP contribution >= 0.6 is 0 Å². The third-order valence-electron chi connectivity index (χ3n) is 8.37. The van der Waals surface area contributed by atoms with Gasteiger partial charge in [0.05, 0.1) is 23.8 Å². The van der Waals surface area contributed by atoms with E-state index in [1.807, 2.05) is 30.3 Å². The van der Waals surface area contributed by atoms with Crippen molar-refractivity contribution in [2.24, 2.45) is 17.6 Å². The second kappa shape index (κ2) is 10.6. The molecule has 1 fully saturated rings. The number of amides is 2. The summed E-state index contributed by atoms with van der Waals surface area (Å²) in [5.74, 6) is -7.46. The van der Waals surface area contributed by atoms with Gasteiger partial charge in [0, 0.05) is 18.0 Å². The number of rotatable bonds is 7. The first-order valence-corrected chi connectivity index (χ1v) is 13.4. The molecule has 2 amide bonds. The quantitative estimate of drug-likeness (QED) is 0.182. The highest BCUT2D eigenvalue weighted by molar-refractivity contribution is 6.24. The van der Waals surface area contributed by atoms with Crippen molar-refractivity contribution in [3.05, 3.63) is 76.1 Å². The van der Waals surface area contributed by atoms with Crippen LogP contribution < -0.4 is 16.4 Å². The maximum absolute atomic E-state index is 13.9. The fourth-order valence-electron chi connectivity index (χ4n) is 6.40. The molecule has 42 heavy (non-hydrogen) atoms. The van der Waals surface area contributed by atoms with Crippen LogP contribution in [0.2, 0.25) is 0 Å². The van der Waals surface area contributed by atoms with Crippen LogP contribution in [0.25, 0.3) is 5.76 Å². The molecule has 12 heteroatoms. The summed E-state index contributed by atoms with van der Waals surface area (Å²) in [4.78, 5) is 53.0. The smallest absolute Gasteiger partial charge is 0.255 e. The number of likely N-dealkylation sites (N-methyl/N-ethyl adjacent to an activating group) is 1. The van der Waals surface area contributed by atoms with Crippen molar-refractivity contribution < 1.29 is 39.6 Å². The molecule has 0 bridgehead atoms. The van der Waals surface area contributed by atoms with Gasteiger partial charge in [-0.05, 0) is 50.0 Å². The van der Waals surface area contributed by atoms with Crippen LogP contribution in [0.4, 0.5) is 5.69 Å². The molecule has 5 rings (SSSR count). The Morgan fingerprint density at radius 1 is 1.07 bits per heavy atom. The second-order valence-electron chi connectivity index (χ2n) is 11.1. The van der Waals surface area contributed by atoms with E-state index in [9.17, 15) is 39.6 Å². The summed E-state index contributed by atoms with van der Waals surface area (Å²) in [6, 6.07) is 11.4. The largest absolute Gasteiger partial charge is 0.508 e. The summed E-state index contributed by atoms with van der Waals surface area (Å²) in [5.41, 5.74) is 3.04. The minimum absolute atomic E-state index is 0.00805. The second-order valence-corrected chi connectivity index (χ2v) is 11.1. The Balaban J connectivity index is 1.46. The highest BCUT2D eigenvalue weighted by atomic mass is 16.3. The Kier molecular flexibility index (Phi) is 7.29. The van der Waals surface area contributed by atoms with Gasteiger partial charge in [0.1, 0.15) is 22.8 Å². The molecule has 0 radical (unpaired) electrons. The number of nitrogens with one attached hydrogen (secondary N) is 2. The Hall–Kier alpha value is -4.68. The Morgan fingerprint density at radius 3 is 2.40 bits per heavy atom. The van der Waals surface area contributed by atoms with E-state index in [-0.39, 0.29) is 42.1 Å². The molecule has 3 aliphatic carbocycles. The molecule has 4 atom stereocenters. The Bertz CT molecular complexity index is 1560. The number of ketones is 2. The molecule has 2 aromatic carbocycles. The maximum atomic E-state index is 13.9. The van der Waals surface area contributed by atoms with Crippen LogP contribution in [-0.2, 0) is 32.1 Å². The number of hydrogen-bond acceptors (Lipinski definition) is 10. The van der Waals surface area contributed by atoms with Gasteiger partial charge in [-0.1, -0.05) is 36.4 Å². The number of hydrogen-bond donors (Lipinski definition) is 7. The number of carbonyl (C=O) groups is 4. The fraction of sp³-hybridized carbons (Fsp3) is 0.333. The van der Waals surface area contributed by atoms with E-state index in [1.54, 1.807) is 26.2 Å². The monoisotopic (exact) mass is 576 g/mol. The average Bonchev–Trinajstić information content (AvgIpc) is 2.93. The van der Waals surface area contributed by atoms with Crippen LogP contribution in [0.5, 0.6) is 5.75 Å². The molecule has 0 spiro atoms. The number of nitrogens with two attached hydrogens (primary N) is 1. The number of aliphatic hydroxyl groups excluding tert-OH is 2. The van der Waals surface area contributed by atoms with Crippen molar-refractivity contribution in [2.45, 2.75) is 31.0 Å². The van der Waals surface area contributed by atoms with E-state index in [4.69, 9.17) is 5.73 Å². The molecule has 0 saturated heterocycles. The first-order valence-electron chi connectivity index (χ1n) is 13.4. The first-order chi connectivity index (χ1) is 19.9. The van der Waals surface area contributed by atoms with Gasteiger partial charge in [-0.15, -0.1) is 0 Å². The van der Waals surface area contributed by atoms with Crippen molar-refractivity contribution in [2.75, 3.05) is 26.0 Å². The van der Waals surface area contributed by atoms with E-state index in [1.165, 1.54) is 4.90 Å². The molecular formula is C30H32N4O8. The van der Waals surface area contributed by atoms with Crippen LogP contribution in [0.3, 0.4) is 0 Å². The summed E-state index contributed by atoms with van der Waals surface area (Å²) < 4.78 is 0. The summed E-state index contributed by atoms with van der Waals surface area (Å²) in [6.45, 7) is 0.130. The number of primary amides is 1. The molecule has 12 nitrogen and oxygen atoms in total. The lowest BCUT2D eigenvalue weighted by molar-refractivity contribution is -0.153. The Morgan fingerprint density at radius 2 is 1.76 bits per heavy atom. The summed E-state index contributed by atoms with van der Waals surface area (Å²) >= 11 is 0. The van der Waals surface area contributed by atoms with Crippen molar-refractivity contribution in [3.63, 3.8) is 0 Å². The SMILES string of the molecule is CN(C)[C@@H]1C(=O)C(C(N)=O)=C(O)[C@]2(O)C(=O)C3=C(O)c4c(ccc(NCC(=O)NCc5ccccc5)c4O)C[C@@H]3C[C@H]12. The third kappa shape index (κ3) is 4.48. The van der Waals surface area contributed by atoms with Crippen molar-refractivity contribution >= 4 is 34.8 Å². The highest BCUT2D eigenvalue weighted by Gasteiger charge is 2.64. The van der Waals surface area contributed by atoms with Gasteiger partial charge in [0.2, 0.25) is 11.7 Å². The van der Waals surface area contributed by atoms with Gasteiger partial charge in [-0.3, -0.25) is 24.1 Å². The number of phenols is 1. The van der Waals surface area contributed by atoms with Crippen molar-refractivity contribution in [3.8, 4) is 5.75 Å². The van der Waals surface area contributed by atoms with Crippen LogP contribution in [-0.4, -0.2) is 81.0 Å². The van der Waals surface area contributed by atoms with Crippen LogP contribution in [0, 0.1) is 11.8 Å². The molecule has 0 aromatic heterocycles. The van der Waals surface area contributed by atoms with Crippen LogP contribution in [0.1, 0.15) is 23.1 Å². The lowest BCUT2D eigenvalue weighted by Gasteiger charge is -2.50. The maximum Gasteiger partial charge on any atom is 0.255 e. The van der Waals surface area contributed by atoms with Gasteiger partial charge in [0.15, 0.2) is 11.4 Å². The zero-order valence-electron chi connectivity index (χ0n) is 23.0. The van der Waals surface area contributed by atoms with E-state index in [0.29, 0.717) is 12.1 Å². The van der Waals surface area contributed by atoms with Gasteiger partial charge in [-0.25, -0.2) is 0 Å². The van der Waals surface area contributed by atoms with Crippen molar-refractivity contribution in [1.29, 1.82) is 0 Å². The van der Waals surface area contributed by atoms with Gasteiger partial charge in [0.25, 0.3) is 5.91 Å². The first kappa shape index (κ1) is 28.8. The fourth-order valence-corrected chi connectivity index (χ4v) is 6.40. The molecule has 0 aliphatic heterocycles. The average molecular weight is 577 g/mol. The third-order valence-corrected chi connectivity index (χ3v) is 8.37. The van der Waals surface area contributed by atoms with E-state index >= 15 is 0 Å². The summed E-state index contributed by atoms with van der Waals surface area (Å²) in [6.07, 6.45) is 0.189. The zero-order chi connectivity index (χ0) is 30.5. The van der Waals surface area contributed by atoms with Gasteiger partial charge >= 0.3 is 0 Å². The van der Waals surface area contributed by atoms with Crippen LogP contribution in [0.15, 0.2) is 59.4 Å². The number of anilines is 1. The lowest BCUT2D eigenvalue weighted by Crippen LogP contribution is -2.65. The molecule has 220 valence electrons. The molecule has 3 aliphatic rings. The summed E-state index contributed by atoms with van der Waals surface area (Å²) in [5, 5.41) is 50.6. The number of benzene rings is 2. The molecule has 1 saturated carbocycles.